The number of nitrogens with one attached hydrogen (secondary N) is 2. The van der Waals surface area contributed by atoms with E-state index in [0.717, 1.165) is 11.2 Å². The van der Waals surface area contributed by atoms with E-state index < -0.39 is 0 Å². The Kier molecular flexibility index (Phi) is 3.77. The number of anilines is 1. The monoisotopic (exact) mass is 302 g/mol. The Balaban J connectivity index is 1.85. The lowest BCUT2D eigenvalue weighted by molar-refractivity contribution is 1.13. The molecule has 6 nitrogen and oxygen atoms in total. The number of nitriles is 1. The van der Waals surface area contributed by atoms with E-state index >= 15 is 0 Å². The molecule has 23 heavy (non-hydrogen) atoms. The minimum Gasteiger partial charge on any atom is -0.382 e. The van der Waals surface area contributed by atoms with Crippen LogP contribution in [0.1, 0.15) is 0 Å². The summed E-state index contributed by atoms with van der Waals surface area (Å²) in [4.78, 5) is 0. The van der Waals surface area contributed by atoms with E-state index in [1.54, 1.807) is 6.07 Å². The Hall–Kier alpha value is -3.59. The number of hydrogen-bond acceptors (Lipinski definition) is 4. The van der Waals surface area contributed by atoms with Crippen LogP contribution in [0.3, 0.4) is 0 Å². The summed E-state index contributed by atoms with van der Waals surface area (Å²) in [7, 11) is 0. The van der Waals surface area contributed by atoms with Gasteiger partial charge >= 0.3 is 0 Å². The van der Waals surface area contributed by atoms with Crippen LogP contribution in [0.15, 0.2) is 65.9 Å². The van der Waals surface area contributed by atoms with E-state index in [1.165, 1.54) is 5.39 Å². The van der Waals surface area contributed by atoms with Crippen molar-refractivity contribution in [3.8, 4) is 11.8 Å². The van der Waals surface area contributed by atoms with Gasteiger partial charge in [-0.15, -0.1) is 0 Å². The molecule has 1 aromatic heterocycles. The van der Waals surface area contributed by atoms with Crippen molar-refractivity contribution >= 4 is 28.1 Å². The normalized spacial score (nSPS) is 11.2. The first-order chi connectivity index (χ1) is 11.2. The molecule has 2 aromatic carbocycles. The summed E-state index contributed by atoms with van der Waals surface area (Å²) in [6.45, 7) is 0. The molecule has 112 valence electrons. The third kappa shape index (κ3) is 2.89. The summed E-state index contributed by atoms with van der Waals surface area (Å²) in [5.74, 6) is -0.365. The van der Waals surface area contributed by atoms with Crippen molar-refractivity contribution in [3.05, 3.63) is 60.8 Å². The number of hydrazone groups is 1. The zero-order valence-corrected chi connectivity index (χ0v) is 12.2. The molecule has 1 heterocycles. The van der Waals surface area contributed by atoms with Gasteiger partial charge in [-0.3, -0.25) is 10.8 Å². The third-order valence-corrected chi connectivity index (χ3v) is 3.40. The summed E-state index contributed by atoms with van der Waals surface area (Å²) >= 11 is 0. The first kappa shape index (κ1) is 14.4. The molecule has 0 aliphatic heterocycles. The first-order valence-corrected chi connectivity index (χ1v) is 6.94. The fourth-order valence-corrected chi connectivity index (χ4v) is 2.27. The molecular formula is C17H14N6. The molecule has 0 radical (unpaired) electrons. The van der Waals surface area contributed by atoms with Crippen LogP contribution < -0.4 is 11.2 Å². The molecule has 0 unspecified atom stereocenters. The summed E-state index contributed by atoms with van der Waals surface area (Å²) in [6.07, 6.45) is 2.02. The number of fused-ring (bicyclic) bond motifs is 1. The minimum absolute atomic E-state index is 0.148. The average Bonchev–Trinajstić information content (AvgIpc) is 3.00. The molecule has 0 spiro atoms. The maximum Gasteiger partial charge on any atom is 0.201 e. The second-order valence-corrected chi connectivity index (χ2v) is 4.89. The Morgan fingerprint density at radius 2 is 1.87 bits per heavy atom. The Labute approximate surface area is 133 Å². The molecule has 0 fully saturated rings. The van der Waals surface area contributed by atoms with Crippen LogP contribution in [-0.4, -0.2) is 16.1 Å². The van der Waals surface area contributed by atoms with Gasteiger partial charge in [0.1, 0.15) is 6.07 Å². The van der Waals surface area contributed by atoms with E-state index in [4.69, 9.17) is 16.4 Å². The van der Waals surface area contributed by atoms with Crippen LogP contribution in [0.5, 0.6) is 0 Å². The summed E-state index contributed by atoms with van der Waals surface area (Å²) in [5.41, 5.74) is 10.7. The van der Waals surface area contributed by atoms with Crippen molar-refractivity contribution in [3.63, 3.8) is 0 Å². The summed E-state index contributed by atoms with van der Waals surface area (Å²) in [6, 6.07) is 19.6. The highest BCUT2D eigenvalue weighted by atomic mass is 15.3. The number of aromatic nitrogens is 1. The van der Waals surface area contributed by atoms with E-state index in [2.05, 4.69) is 33.3 Å². The Morgan fingerprint density at radius 3 is 2.57 bits per heavy atom. The van der Waals surface area contributed by atoms with E-state index in [9.17, 15) is 0 Å². The van der Waals surface area contributed by atoms with Crippen molar-refractivity contribution in [1.82, 2.24) is 4.57 Å². The number of nitrogens with zero attached hydrogens (tertiary/aromatic N) is 3. The second kappa shape index (κ2) is 6.03. The van der Waals surface area contributed by atoms with Gasteiger partial charge in [0.15, 0.2) is 5.84 Å². The first-order valence-electron chi connectivity index (χ1n) is 6.94. The van der Waals surface area contributed by atoms with E-state index in [0.29, 0.717) is 5.69 Å². The number of hydrogen-bond donors (Lipinski definition) is 3. The van der Waals surface area contributed by atoms with Gasteiger partial charge < -0.3 is 10.3 Å². The lowest BCUT2D eigenvalue weighted by atomic mass is 10.2. The van der Waals surface area contributed by atoms with E-state index in [1.807, 2.05) is 42.6 Å². The summed E-state index contributed by atoms with van der Waals surface area (Å²) < 4.78 is 2.10. The quantitative estimate of drug-likeness (QED) is 0.392. The predicted molar refractivity (Wildman–Crippen MR) is 91.9 cm³/mol. The van der Waals surface area contributed by atoms with Gasteiger partial charge in [-0.1, -0.05) is 18.2 Å². The Morgan fingerprint density at radius 1 is 1.13 bits per heavy atom. The van der Waals surface area contributed by atoms with E-state index in [-0.39, 0.29) is 11.5 Å². The van der Waals surface area contributed by atoms with Crippen molar-refractivity contribution in [2.45, 2.75) is 0 Å². The van der Waals surface area contributed by atoms with Gasteiger partial charge in [0.05, 0.1) is 11.2 Å². The number of benzene rings is 2. The highest BCUT2D eigenvalue weighted by Gasteiger charge is 2.03. The maximum atomic E-state index is 8.80. The Bertz CT molecular complexity index is 928. The molecule has 0 aliphatic rings. The molecule has 3 aromatic rings. The molecule has 0 bridgehead atoms. The van der Waals surface area contributed by atoms with Crippen LogP contribution in [0.2, 0.25) is 0 Å². The number of para-hydroxylation sites is 1. The highest BCUT2D eigenvalue weighted by Crippen LogP contribution is 2.21. The van der Waals surface area contributed by atoms with Crippen molar-refractivity contribution in [2.75, 3.05) is 5.43 Å². The van der Waals surface area contributed by atoms with Gasteiger partial charge in [-0.05, 0) is 41.8 Å². The largest absolute Gasteiger partial charge is 0.382 e. The number of rotatable bonds is 4. The lowest BCUT2D eigenvalue weighted by Crippen LogP contribution is -2.21. The number of amidine groups is 1. The van der Waals surface area contributed by atoms with Crippen molar-refractivity contribution in [1.29, 1.82) is 10.7 Å². The fourth-order valence-electron chi connectivity index (χ4n) is 2.27. The zero-order valence-electron chi connectivity index (χ0n) is 12.2. The van der Waals surface area contributed by atoms with Crippen molar-refractivity contribution < 1.29 is 0 Å². The molecular weight excluding hydrogens is 288 g/mol. The molecule has 4 N–H and O–H groups in total. The SMILES string of the molecule is N#C/C(=N\Nc1ccc(-n2ccc3ccccc32)cc1)C(=N)N. The maximum absolute atomic E-state index is 8.80. The van der Waals surface area contributed by atoms with Crippen LogP contribution in [0.4, 0.5) is 5.69 Å². The van der Waals surface area contributed by atoms with Gasteiger partial charge in [-0.25, -0.2) is 0 Å². The summed E-state index contributed by atoms with van der Waals surface area (Å²) in [5, 5.41) is 21.0. The molecule has 0 saturated heterocycles. The van der Waals surface area contributed by atoms with Gasteiger partial charge in [-0.2, -0.15) is 10.4 Å². The zero-order chi connectivity index (χ0) is 16.2. The van der Waals surface area contributed by atoms with Crippen LogP contribution in [0, 0.1) is 16.7 Å². The molecule has 0 amide bonds. The van der Waals surface area contributed by atoms with Gasteiger partial charge in [0, 0.05) is 11.9 Å². The molecule has 0 aliphatic carbocycles. The predicted octanol–water partition coefficient (Wildman–Crippen LogP) is 2.86. The highest BCUT2D eigenvalue weighted by molar-refractivity contribution is 6.45. The lowest BCUT2D eigenvalue weighted by Gasteiger charge is -2.07. The van der Waals surface area contributed by atoms with Crippen molar-refractivity contribution in [2.24, 2.45) is 10.8 Å². The van der Waals surface area contributed by atoms with Crippen LogP contribution in [0.25, 0.3) is 16.6 Å². The fraction of sp³-hybridized carbons (Fsp3) is 0. The molecule has 3 rings (SSSR count). The van der Waals surface area contributed by atoms with Gasteiger partial charge in [0.2, 0.25) is 5.71 Å². The van der Waals surface area contributed by atoms with Crippen LogP contribution >= 0.6 is 0 Å². The number of nitrogens with two attached hydrogens (primary N) is 1. The van der Waals surface area contributed by atoms with Gasteiger partial charge in [0.25, 0.3) is 0 Å². The average molecular weight is 302 g/mol. The molecule has 0 saturated carbocycles. The smallest absolute Gasteiger partial charge is 0.201 e. The third-order valence-electron chi connectivity index (χ3n) is 3.40. The van der Waals surface area contributed by atoms with Crippen LogP contribution in [-0.2, 0) is 0 Å². The standard InChI is InChI=1S/C17H14N6/c18-11-15(17(19)20)22-21-13-5-7-14(8-6-13)23-10-9-12-3-1-2-4-16(12)23/h1-10,21H,(H3,19,20)/b22-15+. The topological polar surface area (TPSA) is 103 Å². The minimum atomic E-state index is -0.365. The second-order valence-electron chi connectivity index (χ2n) is 4.89. The molecule has 6 heteroatoms. The molecule has 0 atom stereocenters.